The molecule has 3 rings (SSSR count). The Kier molecular flexibility index (Phi) is 2.71. The van der Waals surface area contributed by atoms with Gasteiger partial charge in [0.2, 0.25) is 5.78 Å². The van der Waals surface area contributed by atoms with Crippen molar-refractivity contribution in [2.75, 3.05) is 0 Å². The van der Waals surface area contributed by atoms with E-state index < -0.39 is 0 Å². The Bertz CT molecular complexity index is 733. The minimum absolute atomic E-state index is 0.0580. The molecule has 1 aromatic heterocycles. The lowest BCUT2D eigenvalue weighted by atomic mass is 10.0. The molecular formula is C17H14O2. The summed E-state index contributed by atoms with van der Waals surface area (Å²) in [4.78, 5) is 12.5. The van der Waals surface area contributed by atoms with Gasteiger partial charge in [0, 0.05) is 10.9 Å². The summed E-state index contributed by atoms with van der Waals surface area (Å²) in [5, 5.41) is 0.955. The molecule has 2 nitrogen and oxygen atoms in total. The molecule has 94 valence electrons. The molecule has 1 heterocycles. The van der Waals surface area contributed by atoms with E-state index in [-0.39, 0.29) is 5.78 Å². The molecule has 0 bridgehead atoms. The fourth-order valence-corrected chi connectivity index (χ4v) is 2.21. The fourth-order valence-electron chi connectivity index (χ4n) is 2.21. The molecule has 0 aliphatic heterocycles. The van der Waals surface area contributed by atoms with Gasteiger partial charge in [0.1, 0.15) is 5.58 Å². The van der Waals surface area contributed by atoms with Crippen LogP contribution in [0, 0.1) is 13.8 Å². The second-order valence-corrected chi connectivity index (χ2v) is 4.80. The predicted octanol–water partition coefficient (Wildman–Crippen LogP) is 4.28. The number of carbonyl (C=O) groups excluding carboxylic acids is 1. The predicted molar refractivity (Wildman–Crippen MR) is 75.6 cm³/mol. The second kappa shape index (κ2) is 4.39. The maximum atomic E-state index is 12.5. The van der Waals surface area contributed by atoms with Crippen LogP contribution >= 0.6 is 0 Å². The molecule has 0 amide bonds. The molecule has 0 N–H and O–H groups in total. The number of aryl methyl sites for hydroxylation is 2. The topological polar surface area (TPSA) is 30.2 Å². The first-order valence-corrected chi connectivity index (χ1v) is 6.26. The van der Waals surface area contributed by atoms with E-state index in [1.54, 1.807) is 6.07 Å². The summed E-state index contributed by atoms with van der Waals surface area (Å²) < 4.78 is 5.63. The molecule has 0 aliphatic carbocycles. The third-order valence-corrected chi connectivity index (χ3v) is 3.29. The summed E-state index contributed by atoms with van der Waals surface area (Å²) in [5.41, 5.74) is 3.50. The summed E-state index contributed by atoms with van der Waals surface area (Å²) in [7, 11) is 0. The molecule has 0 atom stereocenters. The summed E-state index contributed by atoms with van der Waals surface area (Å²) >= 11 is 0. The molecule has 0 fully saturated rings. The Morgan fingerprint density at radius 1 is 1.00 bits per heavy atom. The van der Waals surface area contributed by atoms with Crippen LogP contribution in [0.5, 0.6) is 0 Å². The molecule has 0 unspecified atom stereocenters. The first-order valence-electron chi connectivity index (χ1n) is 6.26. The van der Waals surface area contributed by atoms with Gasteiger partial charge >= 0.3 is 0 Å². The zero-order valence-electron chi connectivity index (χ0n) is 10.9. The van der Waals surface area contributed by atoms with Crippen LogP contribution in [-0.2, 0) is 0 Å². The number of hydrogen-bond acceptors (Lipinski definition) is 2. The molecule has 0 radical (unpaired) electrons. The van der Waals surface area contributed by atoms with E-state index in [0.717, 1.165) is 22.1 Å². The van der Waals surface area contributed by atoms with Crippen molar-refractivity contribution in [3.63, 3.8) is 0 Å². The Morgan fingerprint density at radius 3 is 2.58 bits per heavy atom. The lowest BCUT2D eigenvalue weighted by molar-refractivity contribution is 0.101. The Balaban J connectivity index is 2.10. The number of hydrogen-bond donors (Lipinski definition) is 0. The quantitative estimate of drug-likeness (QED) is 0.635. The van der Waals surface area contributed by atoms with Crippen molar-refractivity contribution < 1.29 is 9.21 Å². The van der Waals surface area contributed by atoms with Gasteiger partial charge in [-0.25, -0.2) is 0 Å². The molecule has 2 heteroatoms. The molecule has 3 aromatic rings. The van der Waals surface area contributed by atoms with Crippen molar-refractivity contribution in [3.8, 4) is 0 Å². The van der Waals surface area contributed by atoms with Gasteiger partial charge in [-0.3, -0.25) is 4.79 Å². The van der Waals surface area contributed by atoms with E-state index in [4.69, 9.17) is 4.42 Å². The van der Waals surface area contributed by atoms with Gasteiger partial charge in [-0.15, -0.1) is 0 Å². The largest absolute Gasteiger partial charge is 0.453 e. The number of para-hydroxylation sites is 1. The van der Waals surface area contributed by atoms with E-state index in [2.05, 4.69) is 0 Å². The first-order chi connectivity index (χ1) is 9.15. The molecule has 0 saturated carbocycles. The lowest BCUT2D eigenvalue weighted by Crippen LogP contribution is -2.02. The summed E-state index contributed by atoms with van der Waals surface area (Å²) in [6.07, 6.45) is 0. The monoisotopic (exact) mass is 250 g/mol. The Morgan fingerprint density at radius 2 is 1.79 bits per heavy atom. The second-order valence-electron chi connectivity index (χ2n) is 4.80. The number of fused-ring (bicyclic) bond motifs is 1. The Labute approximate surface area is 111 Å². The van der Waals surface area contributed by atoms with Crippen LogP contribution in [0.25, 0.3) is 11.0 Å². The third-order valence-electron chi connectivity index (χ3n) is 3.29. The standard InChI is InChI=1S/C17H14O2/c1-11-7-8-12(2)14(9-11)17(18)16-10-13-5-3-4-6-15(13)19-16/h3-10H,1-2H3. The van der Waals surface area contributed by atoms with E-state index in [0.29, 0.717) is 11.3 Å². The molecule has 19 heavy (non-hydrogen) atoms. The molecule has 0 aliphatic rings. The van der Waals surface area contributed by atoms with Gasteiger partial charge in [-0.1, -0.05) is 35.9 Å². The van der Waals surface area contributed by atoms with Crippen molar-refractivity contribution in [1.82, 2.24) is 0 Å². The van der Waals surface area contributed by atoms with Crippen LogP contribution < -0.4 is 0 Å². The van der Waals surface area contributed by atoms with Gasteiger partial charge in [0.15, 0.2) is 5.76 Å². The lowest BCUT2D eigenvalue weighted by Gasteiger charge is -2.03. The molecule has 0 spiro atoms. The molecule has 2 aromatic carbocycles. The normalized spacial score (nSPS) is 10.8. The van der Waals surface area contributed by atoms with Gasteiger partial charge in [-0.05, 0) is 37.6 Å². The van der Waals surface area contributed by atoms with Crippen LogP contribution in [-0.4, -0.2) is 5.78 Å². The molecule has 0 saturated heterocycles. The van der Waals surface area contributed by atoms with Gasteiger partial charge in [0.25, 0.3) is 0 Å². The zero-order chi connectivity index (χ0) is 13.4. The summed E-state index contributed by atoms with van der Waals surface area (Å²) in [6.45, 7) is 3.92. The maximum absolute atomic E-state index is 12.5. The fraction of sp³-hybridized carbons (Fsp3) is 0.118. The average Bonchev–Trinajstić information content (AvgIpc) is 2.84. The van der Waals surface area contributed by atoms with Crippen LogP contribution in [0.2, 0.25) is 0 Å². The van der Waals surface area contributed by atoms with Crippen molar-refractivity contribution in [2.24, 2.45) is 0 Å². The number of ketones is 1. The van der Waals surface area contributed by atoms with Crippen molar-refractivity contribution in [3.05, 3.63) is 71.0 Å². The van der Waals surface area contributed by atoms with E-state index in [1.807, 2.05) is 56.3 Å². The highest BCUT2D eigenvalue weighted by molar-refractivity contribution is 6.09. The van der Waals surface area contributed by atoms with Crippen molar-refractivity contribution in [2.45, 2.75) is 13.8 Å². The highest BCUT2D eigenvalue weighted by Crippen LogP contribution is 2.22. The summed E-state index contributed by atoms with van der Waals surface area (Å²) in [5.74, 6) is 0.340. The van der Waals surface area contributed by atoms with Gasteiger partial charge in [-0.2, -0.15) is 0 Å². The van der Waals surface area contributed by atoms with Crippen LogP contribution in [0.1, 0.15) is 27.2 Å². The average molecular weight is 250 g/mol. The minimum Gasteiger partial charge on any atom is -0.453 e. The smallest absolute Gasteiger partial charge is 0.228 e. The van der Waals surface area contributed by atoms with E-state index >= 15 is 0 Å². The number of benzene rings is 2. The van der Waals surface area contributed by atoms with Crippen molar-refractivity contribution in [1.29, 1.82) is 0 Å². The SMILES string of the molecule is Cc1ccc(C)c(C(=O)c2cc3ccccc3o2)c1. The minimum atomic E-state index is -0.0580. The van der Waals surface area contributed by atoms with Crippen LogP contribution in [0.3, 0.4) is 0 Å². The highest BCUT2D eigenvalue weighted by atomic mass is 16.3. The number of rotatable bonds is 2. The highest BCUT2D eigenvalue weighted by Gasteiger charge is 2.16. The number of carbonyl (C=O) groups is 1. The van der Waals surface area contributed by atoms with Gasteiger partial charge < -0.3 is 4.42 Å². The van der Waals surface area contributed by atoms with E-state index in [9.17, 15) is 4.79 Å². The number of furan rings is 1. The van der Waals surface area contributed by atoms with Crippen molar-refractivity contribution >= 4 is 16.8 Å². The molecular weight excluding hydrogens is 236 g/mol. The Hall–Kier alpha value is -2.35. The third kappa shape index (κ3) is 2.06. The first kappa shape index (κ1) is 11.7. The van der Waals surface area contributed by atoms with E-state index in [1.165, 1.54) is 0 Å². The van der Waals surface area contributed by atoms with Crippen LogP contribution in [0.4, 0.5) is 0 Å². The van der Waals surface area contributed by atoms with Crippen LogP contribution in [0.15, 0.2) is 52.9 Å². The van der Waals surface area contributed by atoms with Gasteiger partial charge in [0.05, 0.1) is 0 Å². The maximum Gasteiger partial charge on any atom is 0.228 e. The summed E-state index contributed by atoms with van der Waals surface area (Å²) in [6, 6.07) is 15.3. The zero-order valence-corrected chi connectivity index (χ0v) is 10.9.